The van der Waals surface area contributed by atoms with Crippen LogP contribution in [0.5, 0.6) is 0 Å². The van der Waals surface area contributed by atoms with Crippen molar-refractivity contribution < 1.29 is 5.11 Å². The molecule has 0 spiro atoms. The molecule has 0 fully saturated rings. The lowest BCUT2D eigenvalue weighted by atomic mass is 10.1. The Morgan fingerprint density at radius 3 is 3.00 bits per heavy atom. The third-order valence-corrected chi connectivity index (χ3v) is 4.71. The molecule has 3 aromatic rings. The lowest BCUT2D eigenvalue weighted by Crippen LogP contribution is -2.21. The molecule has 24 heavy (non-hydrogen) atoms. The second-order valence-electron chi connectivity index (χ2n) is 6.19. The van der Waals surface area contributed by atoms with Gasteiger partial charge in [-0.05, 0) is 30.2 Å². The summed E-state index contributed by atoms with van der Waals surface area (Å²) in [5.74, 6) is 0. The first kappa shape index (κ1) is 14.7. The maximum atomic E-state index is 10.5. The van der Waals surface area contributed by atoms with Crippen molar-refractivity contribution in [2.75, 3.05) is 5.32 Å². The Morgan fingerprint density at radius 1 is 1.33 bits per heavy atom. The number of imidazole rings is 1. The van der Waals surface area contributed by atoms with E-state index in [2.05, 4.69) is 28.5 Å². The summed E-state index contributed by atoms with van der Waals surface area (Å²) >= 11 is 0. The van der Waals surface area contributed by atoms with Gasteiger partial charge in [-0.3, -0.25) is 0 Å². The Balaban J connectivity index is 1.76. The SMILES string of the molecule is Cc1nc2c(NC3c4ccccc4CC3O)cccn2c1CC#N. The molecular formula is C19H18N4O. The Hall–Kier alpha value is -2.84. The highest BCUT2D eigenvalue weighted by atomic mass is 16.3. The molecule has 0 bridgehead atoms. The van der Waals surface area contributed by atoms with Gasteiger partial charge in [0.05, 0.1) is 41.7 Å². The molecule has 0 saturated heterocycles. The van der Waals surface area contributed by atoms with Crippen LogP contribution >= 0.6 is 0 Å². The van der Waals surface area contributed by atoms with Crippen molar-refractivity contribution in [2.45, 2.75) is 31.9 Å². The summed E-state index contributed by atoms with van der Waals surface area (Å²) in [5.41, 5.74) is 5.73. The highest BCUT2D eigenvalue weighted by molar-refractivity contribution is 5.70. The van der Waals surface area contributed by atoms with Crippen LogP contribution in [0.15, 0.2) is 42.6 Å². The molecular weight excluding hydrogens is 300 g/mol. The minimum atomic E-state index is -0.461. The average molecular weight is 318 g/mol. The highest BCUT2D eigenvalue weighted by Gasteiger charge is 2.31. The molecule has 0 saturated carbocycles. The fraction of sp³-hybridized carbons (Fsp3) is 0.263. The van der Waals surface area contributed by atoms with E-state index in [-0.39, 0.29) is 6.04 Å². The predicted octanol–water partition coefficient (Wildman–Crippen LogP) is 2.78. The first-order chi connectivity index (χ1) is 11.7. The van der Waals surface area contributed by atoms with Crippen LogP contribution in [-0.4, -0.2) is 20.6 Å². The number of anilines is 1. The van der Waals surface area contributed by atoms with Gasteiger partial charge in [-0.15, -0.1) is 0 Å². The zero-order chi connectivity index (χ0) is 16.7. The molecule has 1 aromatic carbocycles. The lowest BCUT2D eigenvalue weighted by molar-refractivity contribution is 0.166. The number of aliphatic hydroxyl groups excluding tert-OH is 1. The number of pyridine rings is 1. The minimum absolute atomic E-state index is 0.149. The van der Waals surface area contributed by atoms with Crippen molar-refractivity contribution in [3.05, 3.63) is 65.1 Å². The summed E-state index contributed by atoms with van der Waals surface area (Å²) in [6, 6.07) is 14.1. The van der Waals surface area contributed by atoms with Crippen LogP contribution in [0.3, 0.4) is 0 Å². The van der Waals surface area contributed by atoms with Gasteiger partial charge in [-0.2, -0.15) is 5.26 Å². The van der Waals surface area contributed by atoms with E-state index in [0.29, 0.717) is 12.8 Å². The van der Waals surface area contributed by atoms with Gasteiger partial charge in [0, 0.05) is 12.6 Å². The molecule has 4 rings (SSSR count). The minimum Gasteiger partial charge on any atom is -0.390 e. The summed E-state index contributed by atoms with van der Waals surface area (Å²) in [7, 11) is 0. The fourth-order valence-corrected chi connectivity index (χ4v) is 3.55. The lowest BCUT2D eigenvalue weighted by Gasteiger charge is -2.19. The largest absolute Gasteiger partial charge is 0.390 e. The number of aryl methyl sites for hydroxylation is 1. The van der Waals surface area contributed by atoms with Crippen molar-refractivity contribution in [3.8, 4) is 6.07 Å². The van der Waals surface area contributed by atoms with Gasteiger partial charge in [-0.1, -0.05) is 24.3 Å². The van der Waals surface area contributed by atoms with Gasteiger partial charge in [0.1, 0.15) is 0 Å². The van der Waals surface area contributed by atoms with E-state index in [1.807, 2.05) is 41.8 Å². The second-order valence-corrected chi connectivity index (χ2v) is 6.19. The van der Waals surface area contributed by atoms with Gasteiger partial charge in [0.25, 0.3) is 0 Å². The van der Waals surface area contributed by atoms with Crippen molar-refractivity contribution in [1.82, 2.24) is 9.38 Å². The fourth-order valence-electron chi connectivity index (χ4n) is 3.55. The monoisotopic (exact) mass is 318 g/mol. The number of aromatic nitrogens is 2. The van der Waals surface area contributed by atoms with E-state index in [4.69, 9.17) is 5.26 Å². The molecule has 120 valence electrons. The number of aliphatic hydroxyl groups is 1. The number of hydrogen-bond acceptors (Lipinski definition) is 4. The molecule has 0 amide bonds. The zero-order valence-electron chi connectivity index (χ0n) is 13.4. The average Bonchev–Trinajstić information content (AvgIpc) is 3.07. The first-order valence-corrected chi connectivity index (χ1v) is 8.05. The number of benzene rings is 1. The Morgan fingerprint density at radius 2 is 2.17 bits per heavy atom. The number of nitrogens with one attached hydrogen (secondary N) is 1. The molecule has 5 heteroatoms. The number of rotatable bonds is 3. The van der Waals surface area contributed by atoms with Gasteiger partial charge in [0.15, 0.2) is 5.65 Å². The Bertz CT molecular complexity index is 954. The summed E-state index contributed by atoms with van der Waals surface area (Å²) in [6.45, 7) is 1.92. The van der Waals surface area contributed by atoms with Crippen LogP contribution < -0.4 is 5.32 Å². The summed E-state index contributed by atoms with van der Waals surface area (Å²) in [5, 5.41) is 22.9. The first-order valence-electron chi connectivity index (χ1n) is 8.05. The maximum Gasteiger partial charge on any atom is 0.160 e. The van der Waals surface area contributed by atoms with Crippen molar-refractivity contribution in [3.63, 3.8) is 0 Å². The van der Waals surface area contributed by atoms with Gasteiger partial charge in [0.2, 0.25) is 0 Å². The molecule has 2 atom stereocenters. The van der Waals surface area contributed by atoms with Crippen LogP contribution in [0.1, 0.15) is 28.6 Å². The molecule has 2 N–H and O–H groups in total. The maximum absolute atomic E-state index is 10.5. The van der Waals surface area contributed by atoms with Crippen molar-refractivity contribution in [1.29, 1.82) is 5.26 Å². The number of nitriles is 1. The van der Waals surface area contributed by atoms with Crippen LogP contribution in [-0.2, 0) is 12.8 Å². The Labute approximate surface area is 140 Å². The van der Waals surface area contributed by atoms with Crippen LogP contribution in [0.2, 0.25) is 0 Å². The quantitative estimate of drug-likeness (QED) is 0.779. The molecule has 5 nitrogen and oxygen atoms in total. The normalized spacial score (nSPS) is 19.2. The van der Waals surface area contributed by atoms with E-state index in [0.717, 1.165) is 28.3 Å². The topological polar surface area (TPSA) is 73.3 Å². The van der Waals surface area contributed by atoms with Gasteiger partial charge >= 0.3 is 0 Å². The van der Waals surface area contributed by atoms with E-state index in [1.165, 1.54) is 5.56 Å². The van der Waals surface area contributed by atoms with E-state index >= 15 is 0 Å². The molecule has 0 radical (unpaired) electrons. The standard InChI is InChI=1S/C19H18N4O/c1-12-16(8-9-20)23-10-4-7-15(19(23)21-12)22-18-14-6-3-2-5-13(14)11-17(18)24/h2-7,10,17-18,22,24H,8,11H2,1H3. The van der Waals surface area contributed by atoms with Crippen LogP contribution in [0.25, 0.3) is 5.65 Å². The van der Waals surface area contributed by atoms with Crippen molar-refractivity contribution in [2.24, 2.45) is 0 Å². The molecule has 1 aliphatic rings. The van der Waals surface area contributed by atoms with Gasteiger partial charge < -0.3 is 14.8 Å². The summed E-state index contributed by atoms with van der Waals surface area (Å²) in [4.78, 5) is 4.62. The van der Waals surface area contributed by atoms with Crippen molar-refractivity contribution >= 4 is 11.3 Å². The van der Waals surface area contributed by atoms with Gasteiger partial charge in [-0.25, -0.2) is 4.98 Å². The van der Waals surface area contributed by atoms with Crippen LogP contribution in [0.4, 0.5) is 5.69 Å². The third kappa shape index (κ3) is 2.24. The zero-order valence-corrected chi connectivity index (χ0v) is 13.4. The molecule has 1 aliphatic carbocycles. The summed E-state index contributed by atoms with van der Waals surface area (Å²) in [6.07, 6.45) is 2.44. The highest BCUT2D eigenvalue weighted by Crippen LogP contribution is 2.35. The smallest absolute Gasteiger partial charge is 0.160 e. The number of nitrogens with zero attached hydrogens (tertiary/aromatic N) is 3. The molecule has 2 heterocycles. The second kappa shape index (κ2) is 5.66. The number of fused-ring (bicyclic) bond motifs is 2. The molecule has 0 aliphatic heterocycles. The van der Waals surface area contributed by atoms with E-state index in [1.54, 1.807) is 0 Å². The number of hydrogen-bond donors (Lipinski definition) is 2. The summed E-state index contributed by atoms with van der Waals surface area (Å²) < 4.78 is 1.95. The van der Waals surface area contributed by atoms with E-state index < -0.39 is 6.10 Å². The predicted molar refractivity (Wildman–Crippen MR) is 91.8 cm³/mol. The third-order valence-electron chi connectivity index (χ3n) is 4.71. The molecule has 2 unspecified atom stereocenters. The van der Waals surface area contributed by atoms with E-state index in [9.17, 15) is 5.11 Å². The Kier molecular flexibility index (Phi) is 3.47. The van der Waals surface area contributed by atoms with Crippen LogP contribution in [0, 0.1) is 18.3 Å². The molecule has 2 aromatic heterocycles.